The lowest BCUT2D eigenvalue weighted by molar-refractivity contribution is -0.139. The van der Waals surface area contributed by atoms with Crippen LogP contribution in [0.2, 0.25) is 0 Å². The van der Waals surface area contributed by atoms with Crippen LogP contribution in [0.4, 0.5) is 0 Å². The van der Waals surface area contributed by atoms with E-state index in [1.165, 1.54) is 0 Å². The minimum Gasteiger partial charge on any atom is -0.497 e. The Morgan fingerprint density at radius 3 is 2.39 bits per heavy atom. The van der Waals surface area contributed by atoms with E-state index in [-0.39, 0.29) is 0 Å². The molecular weight excluding hydrogens is 292 g/mol. The van der Waals surface area contributed by atoms with E-state index < -0.39 is 11.9 Å². The van der Waals surface area contributed by atoms with Crippen molar-refractivity contribution in [2.75, 3.05) is 13.7 Å². The number of aryl methyl sites for hydroxylation is 2. The molecule has 2 aromatic carbocycles. The lowest BCUT2D eigenvalue weighted by Crippen LogP contribution is -2.15. The average molecular weight is 314 g/mol. The number of benzene rings is 2. The molecule has 0 bridgehead atoms. The van der Waals surface area contributed by atoms with Crippen molar-refractivity contribution in [3.63, 3.8) is 0 Å². The van der Waals surface area contributed by atoms with E-state index >= 15 is 0 Å². The minimum absolute atomic E-state index is 0.344. The van der Waals surface area contributed by atoms with E-state index in [9.17, 15) is 9.90 Å². The highest BCUT2D eigenvalue weighted by molar-refractivity contribution is 5.76. The van der Waals surface area contributed by atoms with E-state index in [1.54, 1.807) is 31.4 Å². The molecule has 4 nitrogen and oxygen atoms in total. The smallest absolute Gasteiger partial charge is 0.311 e. The number of hydrogen-bond donors (Lipinski definition) is 1. The zero-order valence-electron chi connectivity index (χ0n) is 13.7. The first-order chi connectivity index (χ1) is 11.0. The first-order valence-corrected chi connectivity index (χ1v) is 7.57. The average Bonchev–Trinajstić information content (AvgIpc) is 2.50. The molecule has 0 saturated carbocycles. The predicted octanol–water partition coefficient (Wildman–Crippen LogP) is 3.95. The lowest BCUT2D eigenvalue weighted by atomic mass is 9.96. The molecule has 0 spiro atoms. The van der Waals surface area contributed by atoms with Gasteiger partial charge in [0.1, 0.15) is 11.5 Å². The molecule has 0 saturated heterocycles. The predicted molar refractivity (Wildman–Crippen MR) is 89.4 cm³/mol. The standard InChI is InChI=1S/C19H22O4/c1-13-9-14(2)11-17(10-13)23-8-7-18(19(20)21)15-5-4-6-16(12-15)22-3/h4-6,9-12,18H,7-8H2,1-3H3,(H,20,21). The Kier molecular flexibility index (Phi) is 5.63. The van der Waals surface area contributed by atoms with Crippen molar-refractivity contribution in [3.05, 3.63) is 59.2 Å². The quantitative estimate of drug-likeness (QED) is 0.840. The van der Waals surface area contributed by atoms with Gasteiger partial charge in [-0.1, -0.05) is 18.2 Å². The topological polar surface area (TPSA) is 55.8 Å². The van der Waals surface area contributed by atoms with E-state index in [4.69, 9.17) is 9.47 Å². The van der Waals surface area contributed by atoms with Gasteiger partial charge in [0.15, 0.2) is 0 Å². The van der Waals surface area contributed by atoms with Crippen LogP contribution in [-0.2, 0) is 4.79 Å². The molecule has 0 aliphatic heterocycles. The Hall–Kier alpha value is -2.49. The largest absolute Gasteiger partial charge is 0.497 e. The molecule has 0 aliphatic rings. The summed E-state index contributed by atoms with van der Waals surface area (Å²) in [5, 5.41) is 9.48. The summed E-state index contributed by atoms with van der Waals surface area (Å²) < 4.78 is 10.9. The first-order valence-electron chi connectivity index (χ1n) is 7.57. The fourth-order valence-electron chi connectivity index (χ4n) is 2.60. The summed E-state index contributed by atoms with van der Waals surface area (Å²) in [6.07, 6.45) is 0.398. The van der Waals surface area contributed by atoms with Crippen molar-refractivity contribution in [3.8, 4) is 11.5 Å². The van der Waals surface area contributed by atoms with Gasteiger partial charge in [0.25, 0.3) is 0 Å². The third-order valence-electron chi connectivity index (χ3n) is 3.66. The number of aliphatic carboxylic acids is 1. The highest BCUT2D eigenvalue weighted by atomic mass is 16.5. The summed E-state index contributed by atoms with van der Waals surface area (Å²) in [5.74, 6) is -0.0421. The summed E-state index contributed by atoms with van der Waals surface area (Å²) in [7, 11) is 1.57. The van der Waals surface area contributed by atoms with Gasteiger partial charge in [-0.25, -0.2) is 0 Å². The number of hydrogen-bond acceptors (Lipinski definition) is 3. The number of rotatable bonds is 7. The molecule has 2 aromatic rings. The molecule has 4 heteroatoms. The summed E-state index contributed by atoms with van der Waals surface area (Å²) >= 11 is 0. The van der Waals surface area contributed by atoms with Crippen LogP contribution in [0.1, 0.15) is 29.0 Å². The van der Waals surface area contributed by atoms with Gasteiger partial charge in [0.2, 0.25) is 0 Å². The number of carboxylic acid groups (broad SMARTS) is 1. The molecule has 0 amide bonds. The molecule has 0 fully saturated rings. The Labute approximate surface area is 136 Å². The molecule has 1 unspecified atom stereocenters. The van der Waals surface area contributed by atoms with Crippen LogP contribution in [0.5, 0.6) is 11.5 Å². The molecule has 23 heavy (non-hydrogen) atoms. The third-order valence-corrected chi connectivity index (χ3v) is 3.66. The van der Waals surface area contributed by atoms with Crippen molar-refractivity contribution in [2.45, 2.75) is 26.2 Å². The van der Waals surface area contributed by atoms with Gasteiger partial charge in [-0.05, 0) is 61.2 Å². The van der Waals surface area contributed by atoms with Crippen molar-refractivity contribution in [1.29, 1.82) is 0 Å². The van der Waals surface area contributed by atoms with Crippen molar-refractivity contribution in [2.24, 2.45) is 0 Å². The molecule has 0 heterocycles. The number of carboxylic acids is 1. The number of methoxy groups -OCH3 is 1. The van der Waals surface area contributed by atoms with Gasteiger partial charge in [0.05, 0.1) is 19.6 Å². The molecule has 2 rings (SSSR count). The molecule has 0 radical (unpaired) electrons. The molecule has 0 aromatic heterocycles. The molecule has 1 atom stereocenters. The first kappa shape index (κ1) is 16.9. The minimum atomic E-state index is -0.859. The fraction of sp³-hybridized carbons (Fsp3) is 0.316. The van der Waals surface area contributed by atoms with Crippen LogP contribution in [0.15, 0.2) is 42.5 Å². The zero-order valence-corrected chi connectivity index (χ0v) is 13.7. The van der Waals surface area contributed by atoms with Gasteiger partial charge in [-0.3, -0.25) is 4.79 Å². The maximum absolute atomic E-state index is 11.6. The highest BCUT2D eigenvalue weighted by Crippen LogP contribution is 2.25. The summed E-state index contributed by atoms with van der Waals surface area (Å²) in [5.41, 5.74) is 2.98. The summed E-state index contributed by atoms with van der Waals surface area (Å²) in [4.78, 5) is 11.6. The van der Waals surface area contributed by atoms with E-state index in [0.29, 0.717) is 18.8 Å². The Morgan fingerprint density at radius 1 is 1.09 bits per heavy atom. The third kappa shape index (κ3) is 4.74. The normalized spacial score (nSPS) is 11.8. The Bertz CT molecular complexity index is 659. The van der Waals surface area contributed by atoms with Crippen molar-refractivity contribution in [1.82, 2.24) is 0 Å². The van der Waals surface area contributed by atoms with E-state index in [2.05, 4.69) is 6.07 Å². The van der Waals surface area contributed by atoms with Crippen LogP contribution >= 0.6 is 0 Å². The second-order valence-electron chi connectivity index (χ2n) is 5.63. The van der Waals surface area contributed by atoms with Crippen molar-refractivity contribution < 1.29 is 19.4 Å². The molecule has 122 valence electrons. The SMILES string of the molecule is COc1cccc(C(CCOc2cc(C)cc(C)c2)C(=O)O)c1. The van der Waals surface area contributed by atoms with E-state index in [0.717, 1.165) is 22.4 Å². The van der Waals surface area contributed by atoms with Crippen LogP contribution in [0.3, 0.4) is 0 Å². The lowest BCUT2D eigenvalue weighted by Gasteiger charge is -2.15. The number of carbonyl (C=O) groups is 1. The van der Waals surface area contributed by atoms with Gasteiger partial charge >= 0.3 is 5.97 Å². The Morgan fingerprint density at radius 2 is 1.78 bits per heavy atom. The maximum Gasteiger partial charge on any atom is 0.311 e. The summed E-state index contributed by atoms with van der Waals surface area (Å²) in [6, 6.07) is 13.1. The summed E-state index contributed by atoms with van der Waals surface area (Å²) in [6.45, 7) is 4.36. The highest BCUT2D eigenvalue weighted by Gasteiger charge is 2.20. The molecule has 0 aliphatic carbocycles. The maximum atomic E-state index is 11.6. The Balaban J connectivity index is 2.04. The van der Waals surface area contributed by atoms with Gasteiger partial charge < -0.3 is 14.6 Å². The van der Waals surface area contributed by atoms with Gasteiger partial charge in [-0.15, -0.1) is 0 Å². The van der Waals surface area contributed by atoms with Gasteiger partial charge in [-0.2, -0.15) is 0 Å². The van der Waals surface area contributed by atoms with Crippen LogP contribution < -0.4 is 9.47 Å². The molecule has 1 N–H and O–H groups in total. The van der Waals surface area contributed by atoms with Crippen LogP contribution in [-0.4, -0.2) is 24.8 Å². The fourth-order valence-corrected chi connectivity index (χ4v) is 2.60. The van der Waals surface area contributed by atoms with Crippen LogP contribution in [0, 0.1) is 13.8 Å². The second kappa shape index (κ2) is 7.68. The van der Waals surface area contributed by atoms with Crippen molar-refractivity contribution >= 4 is 5.97 Å². The van der Waals surface area contributed by atoms with Gasteiger partial charge in [0, 0.05) is 0 Å². The number of ether oxygens (including phenoxy) is 2. The zero-order chi connectivity index (χ0) is 16.8. The van der Waals surface area contributed by atoms with E-state index in [1.807, 2.05) is 26.0 Å². The monoisotopic (exact) mass is 314 g/mol. The molecular formula is C19H22O4. The van der Waals surface area contributed by atoms with Crippen LogP contribution in [0.25, 0.3) is 0 Å². The second-order valence-corrected chi connectivity index (χ2v) is 5.63.